The summed E-state index contributed by atoms with van der Waals surface area (Å²) in [5, 5.41) is 8.72. The van der Waals surface area contributed by atoms with Crippen LogP contribution >= 0.6 is 12.4 Å². The predicted octanol–water partition coefficient (Wildman–Crippen LogP) is 2.01. The van der Waals surface area contributed by atoms with Gasteiger partial charge in [0.15, 0.2) is 0 Å². The van der Waals surface area contributed by atoms with Crippen molar-refractivity contribution >= 4 is 18.4 Å². The van der Waals surface area contributed by atoms with Crippen molar-refractivity contribution in [1.29, 1.82) is 0 Å². The molecule has 136 valence electrons. The minimum atomic E-state index is -0.528. The van der Waals surface area contributed by atoms with Gasteiger partial charge in [0.2, 0.25) is 0 Å². The Hall–Kier alpha value is -1.14. The first kappa shape index (κ1) is 20.9. The summed E-state index contributed by atoms with van der Waals surface area (Å²) in [7, 11) is 0. The number of ether oxygens (including phenoxy) is 2. The number of carbonyl (C=O) groups excluding carboxylic acids is 1. The van der Waals surface area contributed by atoms with Gasteiger partial charge in [-0.05, 0) is 38.4 Å². The van der Waals surface area contributed by atoms with Crippen LogP contribution < -0.4 is 0 Å². The molecule has 0 atom stereocenters. The number of hydrogen-bond acceptors (Lipinski definition) is 5. The van der Waals surface area contributed by atoms with Gasteiger partial charge in [0.1, 0.15) is 0 Å². The van der Waals surface area contributed by atoms with E-state index in [0.29, 0.717) is 19.8 Å². The second-order valence-corrected chi connectivity index (χ2v) is 5.85. The first-order valence-corrected chi connectivity index (χ1v) is 8.36. The highest BCUT2D eigenvalue weighted by Gasteiger charge is 2.43. The maximum atomic E-state index is 12.6. The van der Waals surface area contributed by atoms with Crippen molar-refractivity contribution in [3.05, 3.63) is 35.9 Å². The van der Waals surface area contributed by atoms with Crippen molar-refractivity contribution in [2.24, 2.45) is 0 Å². The summed E-state index contributed by atoms with van der Waals surface area (Å²) in [6, 6.07) is 9.97. The lowest BCUT2D eigenvalue weighted by Gasteiger charge is -2.40. The molecule has 1 N–H and O–H groups in total. The summed E-state index contributed by atoms with van der Waals surface area (Å²) in [4.78, 5) is 14.9. The third-order valence-corrected chi connectivity index (χ3v) is 4.49. The van der Waals surface area contributed by atoms with Crippen LogP contribution in [0.3, 0.4) is 0 Å². The Bertz CT molecular complexity index is 475. The van der Waals surface area contributed by atoms with Crippen LogP contribution in [0, 0.1) is 0 Å². The van der Waals surface area contributed by atoms with Crippen LogP contribution in [0.25, 0.3) is 0 Å². The Kier molecular flexibility index (Phi) is 9.29. The van der Waals surface area contributed by atoms with E-state index in [1.807, 2.05) is 37.3 Å². The molecule has 1 fully saturated rings. The molecule has 1 aliphatic heterocycles. The molecule has 24 heavy (non-hydrogen) atoms. The van der Waals surface area contributed by atoms with Crippen molar-refractivity contribution in [3.63, 3.8) is 0 Å². The van der Waals surface area contributed by atoms with Gasteiger partial charge in [-0.1, -0.05) is 30.3 Å². The van der Waals surface area contributed by atoms with Gasteiger partial charge in [-0.25, -0.2) is 0 Å². The molecule has 0 spiro atoms. The Morgan fingerprint density at radius 3 is 2.46 bits per heavy atom. The molecule has 5 nitrogen and oxygen atoms in total. The van der Waals surface area contributed by atoms with Gasteiger partial charge in [0, 0.05) is 6.54 Å². The number of carbonyl (C=O) groups is 1. The summed E-state index contributed by atoms with van der Waals surface area (Å²) in [6.45, 7) is 5.82. The summed E-state index contributed by atoms with van der Waals surface area (Å²) < 4.78 is 10.7. The van der Waals surface area contributed by atoms with Crippen molar-refractivity contribution < 1.29 is 19.4 Å². The summed E-state index contributed by atoms with van der Waals surface area (Å²) in [5.41, 5.74) is 0.523. The zero-order valence-corrected chi connectivity index (χ0v) is 15.1. The highest BCUT2D eigenvalue weighted by molar-refractivity contribution is 5.85. The van der Waals surface area contributed by atoms with Gasteiger partial charge in [-0.2, -0.15) is 0 Å². The second-order valence-electron chi connectivity index (χ2n) is 5.85. The molecule has 2 rings (SSSR count). The van der Waals surface area contributed by atoms with E-state index in [4.69, 9.17) is 14.6 Å². The lowest BCUT2D eigenvalue weighted by atomic mass is 9.72. The fraction of sp³-hybridized carbons (Fsp3) is 0.611. The topological polar surface area (TPSA) is 59.0 Å². The van der Waals surface area contributed by atoms with Crippen LogP contribution in [0.1, 0.15) is 25.3 Å². The maximum absolute atomic E-state index is 12.6. The van der Waals surface area contributed by atoms with E-state index >= 15 is 0 Å². The molecule has 1 saturated heterocycles. The van der Waals surface area contributed by atoms with E-state index in [0.717, 1.165) is 38.0 Å². The molecular weight excluding hydrogens is 330 g/mol. The third kappa shape index (κ3) is 5.18. The van der Waals surface area contributed by atoms with E-state index in [2.05, 4.69) is 4.90 Å². The molecule has 0 saturated carbocycles. The average molecular weight is 358 g/mol. The molecule has 0 radical (unpaired) electrons. The first-order chi connectivity index (χ1) is 11.2. The van der Waals surface area contributed by atoms with Crippen LogP contribution in [-0.2, 0) is 19.7 Å². The molecular formula is C18H28ClNO4. The molecule has 0 amide bonds. The molecule has 1 aromatic rings. The number of aliphatic hydroxyl groups excluding tert-OH is 1. The van der Waals surface area contributed by atoms with Gasteiger partial charge >= 0.3 is 5.97 Å². The van der Waals surface area contributed by atoms with Gasteiger partial charge < -0.3 is 19.5 Å². The number of esters is 1. The fourth-order valence-electron chi connectivity index (χ4n) is 3.16. The highest BCUT2D eigenvalue weighted by atomic mass is 35.5. The zero-order valence-electron chi connectivity index (χ0n) is 14.3. The Morgan fingerprint density at radius 1 is 1.21 bits per heavy atom. The number of hydrogen-bond donors (Lipinski definition) is 1. The van der Waals surface area contributed by atoms with Crippen molar-refractivity contribution in [2.75, 3.05) is 46.1 Å². The van der Waals surface area contributed by atoms with Crippen LogP contribution in [-0.4, -0.2) is 62.0 Å². The second kappa shape index (κ2) is 10.7. The van der Waals surface area contributed by atoms with Crippen LogP contribution in [0.5, 0.6) is 0 Å². The number of likely N-dealkylation sites (tertiary alicyclic amines) is 1. The lowest BCUT2D eigenvalue weighted by molar-refractivity contribution is -0.152. The van der Waals surface area contributed by atoms with Crippen molar-refractivity contribution in [2.45, 2.75) is 25.2 Å². The Labute approximate surface area is 150 Å². The quantitative estimate of drug-likeness (QED) is 0.569. The van der Waals surface area contributed by atoms with Crippen LogP contribution in [0.2, 0.25) is 0 Å². The third-order valence-electron chi connectivity index (χ3n) is 4.49. The fourth-order valence-corrected chi connectivity index (χ4v) is 3.16. The molecule has 1 aliphatic rings. The molecule has 0 aromatic heterocycles. The standard InChI is InChI=1S/C18H27NO4.ClH/c1-2-23-17(21)18(16-6-4-3-5-7-16)8-10-19(11-9-18)12-14-22-15-13-20;/h3-7,20H,2,8-15H2,1H3;1H. The monoisotopic (exact) mass is 357 g/mol. The van der Waals surface area contributed by atoms with Gasteiger partial charge in [-0.3, -0.25) is 4.79 Å². The number of aliphatic hydroxyl groups is 1. The number of rotatable bonds is 8. The smallest absolute Gasteiger partial charge is 0.316 e. The number of piperidine rings is 1. The number of nitrogens with zero attached hydrogens (tertiary/aromatic N) is 1. The molecule has 1 heterocycles. The molecule has 0 bridgehead atoms. The minimum Gasteiger partial charge on any atom is -0.465 e. The largest absolute Gasteiger partial charge is 0.465 e. The lowest BCUT2D eigenvalue weighted by Crippen LogP contribution is -2.48. The zero-order chi connectivity index (χ0) is 16.5. The van der Waals surface area contributed by atoms with Crippen molar-refractivity contribution in [3.8, 4) is 0 Å². The molecule has 1 aromatic carbocycles. The van der Waals surface area contributed by atoms with Crippen LogP contribution in [0.15, 0.2) is 30.3 Å². The average Bonchev–Trinajstić information content (AvgIpc) is 2.60. The summed E-state index contributed by atoms with van der Waals surface area (Å²) >= 11 is 0. The normalized spacial score (nSPS) is 17.1. The molecule has 0 unspecified atom stereocenters. The first-order valence-electron chi connectivity index (χ1n) is 8.36. The SMILES string of the molecule is CCOC(=O)C1(c2ccccc2)CCN(CCOCCO)CC1.Cl. The van der Waals surface area contributed by atoms with Crippen molar-refractivity contribution in [1.82, 2.24) is 4.90 Å². The van der Waals surface area contributed by atoms with E-state index < -0.39 is 5.41 Å². The maximum Gasteiger partial charge on any atom is 0.316 e. The Balaban J connectivity index is 0.00000288. The van der Waals surface area contributed by atoms with E-state index in [-0.39, 0.29) is 25.0 Å². The minimum absolute atomic E-state index is 0. The van der Waals surface area contributed by atoms with E-state index in [9.17, 15) is 4.79 Å². The number of benzene rings is 1. The number of halogens is 1. The Morgan fingerprint density at radius 2 is 1.88 bits per heavy atom. The van der Waals surface area contributed by atoms with E-state index in [1.165, 1.54) is 0 Å². The van der Waals surface area contributed by atoms with E-state index in [1.54, 1.807) is 0 Å². The van der Waals surface area contributed by atoms with Gasteiger partial charge in [0.25, 0.3) is 0 Å². The van der Waals surface area contributed by atoms with Gasteiger partial charge in [0.05, 0.1) is 31.8 Å². The van der Waals surface area contributed by atoms with Crippen LogP contribution in [0.4, 0.5) is 0 Å². The molecule has 0 aliphatic carbocycles. The highest BCUT2D eigenvalue weighted by Crippen LogP contribution is 2.36. The summed E-state index contributed by atoms with van der Waals surface area (Å²) in [6.07, 6.45) is 1.52. The predicted molar refractivity (Wildman–Crippen MR) is 95.6 cm³/mol. The summed E-state index contributed by atoms with van der Waals surface area (Å²) in [5.74, 6) is -0.109. The molecule has 6 heteroatoms. The van der Waals surface area contributed by atoms with Gasteiger partial charge in [-0.15, -0.1) is 12.4 Å².